The number of benzene rings is 7. The first-order chi connectivity index (χ1) is 26.1. The van der Waals surface area contributed by atoms with Crippen molar-refractivity contribution >= 4 is 59.0 Å². The molecule has 0 bridgehead atoms. The Labute approximate surface area is 307 Å². The number of fused-ring (bicyclic) bond motifs is 6. The van der Waals surface area contributed by atoms with Gasteiger partial charge in [-0.05, 0) is 48.0 Å². The summed E-state index contributed by atoms with van der Waals surface area (Å²) in [5.74, 6) is 1.63. The van der Waals surface area contributed by atoms with E-state index >= 15 is 0 Å². The van der Waals surface area contributed by atoms with Crippen LogP contribution in [0.15, 0.2) is 164 Å². The molecule has 0 saturated carbocycles. The maximum Gasteiger partial charge on any atom is 0.270 e. The average Bonchev–Trinajstić information content (AvgIpc) is 3.75. The zero-order valence-corrected chi connectivity index (χ0v) is 28.9. The molecule has 0 radical (unpaired) electrons. The molecule has 53 heavy (non-hydrogen) atoms. The van der Waals surface area contributed by atoms with Crippen molar-refractivity contribution in [1.82, 2.24) is 19.5 Å². The first-order valence-electron chi connectivity index (χ1n) is 17.2. The molecule has 0 unspecified atom stereocenters. The van der Waals surface area contributed by atoms with E-state index in [2.05, 4.69) is 71.3 Å². The Kier molecular flexibility index (Phi) is 7.16. The van der Waals surface area contributed by atoms with Crippen molar-refractivity contribution < 1.29 is 4.92 Å². The predicted octanol–water partition coefficient (Wildman–Crippen LogP) is 11.9. The van der Waals surface area contributed by atoms with Gasteiger partial charge in [0.05, 0.1) is 21.6 Å². The number of nitro benzene ring substituents is 1. The monoisotopic (exact) mass is 701 g/mol. The molecule has 0 fully saturated rings. The van der Waals surface area contributed by atoms with Gasteiger partial charge in [-0.1, -0.05) is 109 Å². The van der Waals surface area contributed by atoms with E-state index in [0.29, 0.717) is 23.0 Å². The molecule has 0 N–H and O–H groups in total. The summed E-state index contributed by atoms with van der Waals surface area (Å²) >= 11 is 1.78. The summed E-state index contributed by atoms with van der Waals surface area (Å²) in [5.41, 5.74) is 7.05. The standard InChI is InChI=1S/C45H27N5O2S/c51-50(52)32-17-11-16-30(24-32)35-25-31(45-47-43(28-12-3-1-4-13-28)46-44(48-45)29-14-5-2-6-15-29)22-23-39(35)49-38-20-9-7-18-33(38)36-26-37-34-19-8-10-21-41(34)53-42(37)27-40(36)49/h1-27H. The molecule has 10 rings (SSSR count). The fraction of sp³-hybridized carbons (Fsp3) is 0. The Morgan fingerprint density at radius 1 is 0.472 bits per heavy atom. The quantitative estimate of drug-likeness (QED) is 0.127. The van der Waals surface area contributed by atoms with E-state index in [-0.39, 0.29) is 10.6 Å². The van der Waals surface area contributed by atoms with Crippen molar-refractivity contribution in [2.75, 3.05) is 0 Å². The minimum atomic E-state index is -0.351. The number of nitrogens with zero attached hydrogens (tertiary/aromatic N) is 5. The normalized spacial score (nSPS) is 11.5. The number of rotatable bonds is 6. The van der Waals surface area contributed by atoms with Crippen LogP contribution in [-0.4, -0.2) is 24.4 Å². The number of thiophene rings is 1. The minimum absolute atomic E-state index is 0.0194. The molecule has 0 atom stereocenters. The van der Waals surface area contributed by atoms with E-state index in [1.54, 1.807) is 23.5 Å². The number of nitro groups is 1. The SMILES string of the molecule is O=[N+]([O-])c1cccc(-c2cc(-c3nc(-c4ccccc4)nc(-c4ccccc4)n3)ccc2-n2c3ccccc3c3cc4c(cc32)sc2ccccc24)c1. The summed E-state index contributed by atoms with van der Waals surface area (Å²) in [7, 11) is 0. The third-order valence-electron chi connectivity index (χ3n) is 9.73. The van der Waals surface area contributed by atoms with Crippen molar-refractivity contribution in [3.63, 3.8) is 0 Å². The zero-order valence-electron chi connectivity index (χ0n) is 28.0. The number of aromatic nitrogens is 4. The fourth-order valence-electron chi connectivity index (χ4n) is 7.27. The van der Waals surface area contributed by atoms with Crippen LogP contribution in [0.25, 0.3) is 93.0 Å². The van der Waals surface area contributed by atoms with E-state index in [4.69, 9.17) is 15.0 Å². The van der Waals surface area contributed by atoms with Gasteiger partial charge in [0.2, 0.25) is 0 Å². The summed E-state index contributed by atoms with van der Waals surface area (Å²) in [6.45, 7) is 0. The van der Waals surface area contributed by atoms with Crippen LogP contribution in [0.5, 0.6) is 0 Å². The van der Waals surface area contributed by atoms with Gasteiger partial charge in [0, 0.05) is 65.3 Å². The molecule has 8 heteroatoms. The Hall–Kier alpha value is -7.03. The molecule has 250 valence electrons. The van der Waals surface area contributed by atoms with Crippen LogP contribution < -0.4 is 0 Å². The van der Waals surface area contributed by atoms with E-state index in [9.17, 15) is 10.1 Å². The third-order valence-corrected chi connectivity index (χ3v) is 10.9. The summed E-state index contributed by atoms with van der Waals surface area (Å²) in [6, 6.07) is 54.3. The van der Waals surface area contributed by atoms with Gasteiger partial charge in [-0.25, -0.2) is 15.0 Å². The maximum atomic E-state index is 12.1. The van der Waals surface area contributed by atoms with Crippen molar-refractivity contribution in [1.29, 1.82) is 0 Å². The van der Waals surface area contributed by atoms with Gasteiger partial charge in [0.15, 0.2) is 17.5 Å². The maximum absolute atomic E-state index is 12.1. The highest BCUT2D eigenvalue weighted by Crippen LogP contribution is 2.43. The van der Waals surface area contributed by atoms with Crippen LogP contribution in [0.1, 0.15) is 0 Å². The highest BCUT2D eigenvalue weighted by atomic mass is 32.1. The molecule has 7 nitrogen and oxygen atoms in total. The molecule has 0 spiro atoms. The number of para-hydroxylation sites is 1. The number of non-ortho nitro benzene ring substituents is 1. The van der Waals surface area contributed by atoms with Crippen molar-refractivity contribution in [2.24, 2.45) is 0 Å². The first kappa shape index (κ1) is 30.8. The van der Waals surface area contributed by atoms with Crippen LogP contribution >= 0.6 is 11.3 Å². The highest BCUT2D eigenvalue weighted by Gasteiger charge is 2.21. The van der Waals surface area contributed by atoms with E-state index in [1.165, 1.54) is 26.2 Å². The van der Waals surface area contributed by atoms with Gasteiger partial charge in [0.1, 0.15) is 0 Å². The lowest BCUT2D eigenvalue weighted by Crippen LogP contribution is -2.02. The van der Waals surface area contributed by atoms with Gasteiger partial charge < -0.3 is 4.57 Å². The Morgan fingerprint density at radius 2 is 1.09 bits per heavy atom. The molecule has 0 aliphatic carbocycles. The first-order valence-corrected chi connectivity index (χ1v) is 18.0. The number of hydrogen-bond donors (Lipinski definition) is 0. The van der Waals surface area contributed by atoms with Gasteiger partial charge in [-0.15, -0.1) is 11.3 Å². The van der Waals surface area contributed by atoms with Crippen LogP contribution in [-0.2, 0) is 0 Å². The van der Waals surface area contributed by atoms with Crippen LogP contribution in [0.3, 0.4) is 0 Å². The molecular weight excluding hydrogens is 675 g/mol. The Balaban J connectivity index is 1.25. The molecule has 10 aromatic rings. The third kappa shape index (κ3) is 5.23. The molecule has 3 aromatic heterocycles. The van der Waals surface area contributed by atoms with Gasteiger partial charge >= 0.3 is 0 Å². The van der Waals surface area contributed by atoms with E-state index in [0.717, 1.165) is 49.7 Å². The van der Waals surface area contributed by atoms with Crippen LogP contribution in [0.2, 0.25) is 0 Å². The molecule has 0 aliphatic heterocycles. The second-order valence-electron chi connectivity index (χ2n) is 12.9. The van der Waals surface area contributed by atoms with E-state index in [1.807, 2.05) is 78.9 Å². The summed E-state index contributed by atoms with van der Waals surface area (Å²) < 4.78 is 4.73. The highest BCUT2D eigenvalue weighted by molar-refractivity contribution is 7.25. The Morgan fingerprint density at radius 3 is 1.81 bits per heavy atom. The lowest BCUT2D eigenvalue weighted by atomic mass is 9.99. The average molecular weight is 702 g/mol. The lowest BCUT2D eigenvalue weighted by Gasteiger charge is -2.16. The van der Waals surface area contributed by atoms with Gasteiger partial charge in [0.25, 0.3) is 5.69 Å². The minimum Gasteiger partial charge on any atom is -0.309 e. The van der Waals surface area contributed by atoms with Crippen molar-refractivity contribution in [2.45, 2.75) is 0 Å². The Bertz CT molecular complexity index is 2990. The molecule has 0 saturated heterocycles. The summed E-state index contributed by atoms with van der Waals surface area (Å²) in [5, 5.41) is 16.8. The number of hydrogen-bond acceptors (Lipinski definition) is 6. The predicted molar refractivity (Wildman–Crippen MR) is 215 cm³/mol. The summed E-state index contributed by atoms with van der Waals surface area (Å²) in [6.07, 6.45) is 0. The fourth-order valence-corrected chi connectivity index (χ4v) is 8.39. The molecule has 0 aliphatic rings. The van der Waals surface area contributed by atoms with Crippen LogP contribution in [0.4, 0.5) is 5.69 Å². The largest absolute Gasteiger partial charge is 0.309 e. The molecule has 0 amide bonds. The second-order valence-corrected chi connectivity index (χ2v) is 14.0. The summed E-state index contributed by atoms with van der Waals surface area (Å²) in [4.78, 5) is 26.6. The van der Waals surface area contributed by atoms with Gasteiger partial charge in [-0.2, -0.15) is 0 Å². The molecule has 7 aromatic carbocycles. The lowest BCUT2D eigenvalue weighted by molar-refractivity contribution is -0.384. The zero-order chi connectivity index (χ0) is 35.5. The topological polar surface area (TPSA) is 86.7 Å². The van der Waals surface area contributed by atoms with Crippen molar-refractivity contribution in [3.05, 3.63) is 174 Å². The van der Waals surface area contributed by atoms with Gasteiger partial charge in [-0.3, -0.25) is 10.1 Å². The van der Waals surface area contributed by atoms with E-state index < -0.39 is 0 Å². The van der Waals surface area contributed by atoms with Crippen molar-refractivity contribution in [3.8, 4) is 51.0 Å². The molecular formula is C45H27N5O2S. The second kappa shape index (κ2) is 12.3. The smallest absolute Gasteiger partial charge is 0.270 e. The van der Waals surface area contributed by atoms with Crippen LogP contribution in [0, 0.1) is 10.1 Å². The molecule has 3 heterocycles.